The number of rotatable bonds is 5. The Morgan fingerprint density at radius 3 is 2.38 bits per heavy atom. The molecule has 0 bridgehead atoms. The molecule has 1 aliphatic carbocycles. The summed E-state index contributed by atoms with van der Waals surface area (Å²) in [6.07, 6.45) is 8.77. The third-order valence-electron chi connectivity index (χ3n) is 3.46. The highest BCUT2D eigenvalue weighted by Gasteiger charge is 2.18. The van der Waals surface area contributed by atoms with Gasteiger partial charge in [-0.25, -0.2) is 0 Å². The van der Waals surface area contributed by atoms with Gasteiger partial charge in [-0.3, -0.25) is 0 Å². The first-order chi connectivity index (χ1) is 6.22. The normalized spacial score (nSPS) is 23.3. The van der Waals surface area contributed by atoms with Gasteiger partial charge in [0.25, 0.3) is 0 Å². The Morgan fingerprint density at radius 1 is 1.23 bits per heavy atom. The Balaban J connectivity index is 2.12. The van der Waals surface area contributed by atoms with Crippen LogP contribution in [0.25, 0.3) is 0 Å². The molecule has 0 spiro atoms. The maximum atomic E-state index is 3.32. The maximum absolute atomic E-state index is 3.32. The van der Waals surface area contributed by atoms with Gasteiger partial charge in [0.1, 0.15) is 0 Å². The molecule has 1 nitrogen and oxygen atoms in total. The largest absolute Gasteiger partial charge is 0.317 e. The molecule has 0 aliphatic heterocycles. The van der Waals surface area contributed by atoms with Crippen LogP contribution in [0.1, 0.15) is 52.4 Å². The van der Waals surface area contributed by atoms with Crippen LogP contribution in [-0.4, -0.2) is 13.1 Å². The first-order valence-corrected chi connectivity index (χ1v) is 5.89. The van der Waals surface area contributed by atoms with E-state index in [0.29, 0.717) is 6.04 Å². The highest BCUT2D eigenvalue weighted by Crippen LogP contribution is 2.31. The predicted molar refractivity (Wildman–Crippen MR) is 58.9 cm³/mol. The molecular formula is C12H25N. The van der Waals surface area contributed by atoms with Gasteiger partial charge in [0.15, 0.2) is 0 Å². The van der Waals surface area contributed by atoms with Gasteiger partial charge in [-0.2, -0.15) is 0 Å². The van der Waals surface area contributed by atoms with Gasteiger partial charge in [-0.1, -0.05) is 32.6 Å². The van der Waals surface area contributed by atoms with Crippen molar-refractivity contribution in [2.75, 3.05) is 7.05 Å². The van der Waals surface area contributed by atoms with Gasteiger partial charge in [-0.15, -0.1) is 0 Å². The molecule has 0 aromatic heterocycles. The molecule has 2 unspecified atom stereocenters. The molecule has 0 heterocycles. The zero-order chi connectivity index (χ0) is 9.68. The average molecular weight is 183 g/mol. The quantitative estimate of drug-likeness (QED) is 0.690. The summed E-state index contributed by atoms with van der Waals surface area (Å²) in [7, 11) is 2.06. The van der Waals surface area contributed by atoms with E-state index in [9.17, 15) is 0 Å². The first kappa shape index (κ1) is 11.0. The number of nitrogens with one attached hydrogen (secondary N) is 1. The molecule has 1 saturated carbocycles. The van der Waals surface area contributed by atoms with Crippen LogP contribution in [0.3, 0.4) is 0 Å². The van der Waals surface area contributed by atoms with E-state index in [1.807, 2.05) is 0 Å². The summed E-state index contributed by atoms with van der Waals surface area (Å²) in [5.41, 5.74) is 0. The Labute approximate surface area is 83.3 Å². The molecule has 78 valence electrons. The minimum Gasteiger partial charge on any atom is -0.317 e. The molecule has 0 saturated heterocycles. The average Bonchev–Trinajstić information content (AvgIpc) is 2.56. The molecule has 1 heteroatoms. The lowest BCUT2D eigenvalue weighted by molar-refractivity contribution is 0.349. The Morgan fingerprint density at radius 2 is 1.85 bits per heavy atom. The molecule has 0 amide bonds. The van der Waals surface area contributed by atoms with Crippen molar-refractivity contribution in [1.82, 2.24) is 5.32 Å². The third kappa shape index (κ3) is 4.12. The smallest absolute Gasteiger partial charge is 0.00382 e. The van der Waals surface area contributed by atoms with Crippen LogP contribution >= 0.6 is 0 Å². The lowest BCUT2D eigenvalue weighted by Crippen LogP contribution is -2.24. The third-order valence-corrected chi connectivity index (χ3v) is 3.46. The topological polar surface area (TPSA) is 12.0 Å². The highest BCUT2D eigenvalue weighted by atomic mass is 14.8. The minimum atomic E-state index is 0.691. The summed E-state index contributed by atoms with van der Waals surface area (Å²) in [6, 6.07) is 0.691. The second-order valence-corrected chi connectivity index (χ2v) is 4.92. The predicted octanol–water partition coefficient (Wildman–Crippen LogP) is 3.20. The van der Waals surface area contributed by atoms with E-state index in [0.717, 1.165) is 11.8 Å². The summed E-state index contributed by atoms with van der Waals surface area (Å²) >= 11 is 0. The van der Waals surface area contributed by atoms with Crippen molar-refractivity contribution in [2.45, 2.75) is 58.4 Å². The molecule has 1 rings (SSSR count). The Hall–Kier alpha value is -0.0400. The van der Waals surface area contributed by atoms with Crippen LogP contribution in [0.2, 0.25) is 0 Å². The number of hydrogen-bond acceptors (Lipinski definition) is 1. The van der Waals surface area contributed by atoms with Gasteiger partial charge >= 0.3 is 0 Å². The summed E-state index contributed by atoms with van der Waals surface area (Å²) in [6.45, 7) is 4.69. The summed E-state index contributed by atoms with van der Waals surface area (Å²) in [4.78, 5) is 0. The molecule has 0 radical (unpaired) electrons. The van der Waals surface area contributed by atoms with Gasteiger partial charge in [-0.05, 0) is 38.6 Å². The highest BCUT2D eigenvalue weighted by molar-refractivity contribution is 4.72. The summed E-state index contributed by atoms with van der Waals surface area (Å²) < 4.78 is 0. The zero-order valence-corrected chi connectivity index (χ0v) is 9.47. The van der Waals surface area contributed by atoms with E-state index >= 15 is 0 Å². The Bertz CT molecular complexity index is 127. The van der Waals surface area contributed by atoms with Crippen molar-refractivity contribution < 1.29 is 0 Å². The second-order valence-electron chi connectivity index (χ2n) is 4.92. The molecule has 0 aromatic carbocycles. The first-order valence-electron chi connectivity index (χ1n) is 5.89. The second kappa shape index (κ2) is 5.64. The van der Waals surface area contributed by atoms with Crippen molar-refractivity contribution in [3.63, 3.8) is 0 Å². The fraction of sp³-hybridized carbons (Fsp3) is 1.00. The van der Waals surface area contributed by atoms with Gasteiger partial charge in [0.2, 0.25) is 0 Å². The maximum Gasteiger partial charge on any atom is 0.00382 e. The molecule has 0 aromatic rings. The fourth-order valence-corrected chi connectivity index (χ4v) is 2.63. The molecular weight excluding hydrogens is 158 g/mol. The van der Waals surface area contributed by atoms with Crippen molar-refractivity contribution in [3.8, 4) is 0 Å². The molecule has 1 N–H and O–H groups in total. The molecule has 13 heavy (non-hydrogen) atoms. The molecule has 1 aliphatic rings. The van der Waals surface area contributed by atoms with Crippen LogP contribution in [0, 0.1) is 11.8 Å². The van der Waals surface area contributed by atoms with Gasteiger partial charge in [0, 0.05) is 6.04 Å². The van der Waals surface area contributed by atoms with E-state index in [2.05, 4.69) is 26.2 Å². The molecule has 1 fully saturated rings. The van der Waals surface area contributed by atoms with Crippen LogP contribution in [0.15, 0.2) is 0 Å². The van der Waals surface area contributed by atoms with Gasteiger partial charge < -0.3 is 5.32 Å². The molecule has 2 atom stereocenters. The van der Waals surface area contributed by atoms with Crippen molar-refractivity contribution >= 4 is 0 Å². The van der Waals surface area contributed by atoms with Crippen molar-refractivity contribution in [2.24, 2.45) is 11.8 Å². The van der Waals surface area contributed by atoms with Gasteiger partial charge in [0.05, 0.1) is 0 Å². The SMILES string of the molecule is CNC(C)CC(C)CC1CCCC1. The fourth-order valence-electron chi connectivity index (χ4n) is 2.63. The van der Waals surface area contributed by atoms with Crippen LogP contribution < -0.4 is 5.32 Å². The van der Waals surface area contributed by atoms with E-state index in [-0.39, 0.29) is 0 Å². The van der Waals surface area contributed by atoms with E-state index in [4.69, 9.17) is 0 Å². The summed E-state index contributed by atoms with van der Waals surface area (Å²) in [5.74, 6) is 1.96. The van der Waals surface area contributed by atoms with E-state index in [1.54, 1.807) is 0 Å². The lowest BCUT2D eigenvalue weighted by atomic mass is 9.90. The minimum absolute atomic E-state index is 0.691. The van der Waals surface area contributed by atoms with Crippen LogP contribution in [-0.2, 0) is 0 Å². The van der Waals surface area contributed by atoms with Crippen LogP contribution in [0.4, 0.5) is 0 Å². The zero-order valence-electron chi connectivity index (χ0n) is 9.47. The standard InChI is InChI=1S/C12H25N/c1-10(8-11(2)13-3)9-12-6-4-5-7-12/h10-13H,4-9H2,1-3H3. The van der Waals surface area contributed by atoms with E-state index < -0.39 is 0 Å². The Kier molecular flexibility index (Phi) is 4.79. The van der Waals surface area contributed by atoms with Crippen LogP contribution in [0.5, 0.6) is 0 Å². The monoisotopic (exact) mass is 183 g/mol. The summed E-state index contributed by atoms with van der Waals surface area (Å²) in [5, 5.41) is 3.32. The van der Waals surface area contributed by atoms with E-state index in [1.165, 1.54) is 38.5 Å². The van der Waals surface area contributed by atoms with Crippen molar-refractivity contribution in [1.29, 1.82) is 0 Å². The number of hydrogen-bond donors (Lipinski definition) is 1. The van der Waals surface area contributed by atoms with Crippen molar-refractivity contribution in [3.05, 3.63) is 0 Å². The lowest BCUT2D eigenvalue weighted by Gasteiger charge is -2.19.